The SMILES string of the molecule is CCN1CCCC1CNC(=O)c1cc2c(s1)CS(=O)(=O)C2. The van der Waals surface area contributed by atoms with E-state index in [1.807, 2.05) is 0 Å². The number of fused-ring (bicyclic) bond motifs is 1. The van der Waals surface area contributed by atoms with Crippen molar-refractivity contribution in [2.24, 2.45) is 0 Å². The highest BCUT2D eigenvalue weighted by molar-refractivity contribution is 7.90. The number of nitrogens with zero attached hydrogens (tertiary/aromatic N) is 1. The van der Waals surface area contributed by atoms with E-state index < -0.39 is 9.84 Å². The summed E-state index contributed by atoms with van der Waals surface area (Å²) in [6.45, 7) is 4.95. The number of likely N-dealkylation sites (N-methyl/N-ethyl adjacent to an activating group) is 1. The van der Waals surface area contributed by atoms with Gasteiger partial charge < -0.3 is 5.32 Å². The Hall–Kier alpha value is -0.920. The third-order valence-electron chi connectivity index (χ3n) is 4.25. The topological polar surface area (TPSA) is 66.5 Å². The number of carbonyl (C=O) groups excluding carboxylic acids is 1. The molecule has 0 bridgehead atoms. The van der Waals surface area contributed by atoms with E-state index in [1.54, 1.807) is 6.07 Å². The molecule has 0 saturated carbocycles. The molecule has 0 aliphatic carbocycles. The molecule has 1 saturated heterocycles. The van der Waals surface area contributed by atoms with Crippen LogP contribution in [0, 0.1) is 0 Å². The summed E-state index contributed by atoms with van der Waals surface area (Å²) in [5, 5.41) is 3.00. The van der Waals surface area contributed by atoms with Crippen molar-refractivity contribution in [1.29, 1.82) is 0 Å². The number of thiophene rings is 1. The number of sulfone groups is 1. The minimum Gasteiger partial charge on any atom is -0.350 e. The fourth-order valence-electron chi connectivity index (χ4n) is 3.15. The Morgan fingerprint density at radius 1 is 1.48 bits per heavy atom. The van der Waals surface area contributed by atoms with Crippen molar-refractivity contribution in [3.8, 4) is 0 Å². The van der Waals surface area contributed by atoms with E-state index in [9.17, 15) is 13.2 Å². The van der Waals surface area contributed by atoms with Crippen LogP contribution in [0.1, 0.15) is 39.9 Å². The molecule has 2 aliphatic heterocycles. The molecular weight excluding hydrogens is 308 g/mol. The second kappa shape index (κ2) is 5.70. The molecule has 3 rings (SSSR count). The van der Waals surface area contributed by atoms with E-state index in [4.69, 9.17) is 0 Å². The van der Waals surface area contributed by atoms with E-state index in [2.05, 4.69) is 17.1 Å². The average molecular weight is 328 g/mol. The summed E-state index contributed by atoms with van der Waals surface area (Å²) in [7, 11) is -2.97. The summed E-state index contributed by atoms with van der Waals surface area (Å²) in [5.41, 5.74) is 0.807. The van der Waals surface area contributed by atoms with Gasteiger partial charge in [0.15, 0.2) is 9.84 Å². The highest BCUT2D eigenvalue weighted by Gasteiger charge is 2.29. The Balaban J connectivity index is 1.60. The van der Waals surface area contributed by atoms with Crippen molar-refractivity contribution in [2.45, 2.75) is 37.3 Å². The van der Waals surface area contributed by atoms with Gasteiger partial charge in [-0.15, -0.1) is 11.3 Å². The van der Waals surface area contributed by atoms with Crippen LogP contribution in [0.3, 0.4) is 0 Å². The van der Waals surface area contributed by atoms with Crippen molar-refractivity contribution >= 4 is 27.1 Å². The number of hydrogen-bond acceptors (Lipinski definition) is 5. The van der Waals surface area contributed by atoms with Crippen LogP contribution in [0.25, 0.3) is 0 Å². The Labute approximate surface area is 129 Å². The van der Waals surface area contributed by atoms with Crippen LogP contribution < -0.4 is 5.32 Å². The van der Waals surface area contributed by atoms with E-state index in [1.165, 1.54) is 17.8 Å². The minimum absolute atomic E-state index is 0.0743. The smallest absolute Gasteiger partial charge is 0.261 e. The van der Waals surface area contributed by atoms with Crippen LogP contribution in [-0.4, -0.2) is 44.9 Å². The van der Waals surface area contributed by atoms with Gasteiger partial charge in [0.25, 0.3) is 5.91 Å². The third kappa shape index (κ3) is 3.14. The molecule has 1 atom stereocenters. The van der Waals surface area contributed by atoms with Gasteiger partial charge in [0, 0.05) is 17.5 Å². The summed E-state index contributed by atoms with van der Waals surface area (Å²) in [6, 6.07) is 2.18. The number of carbonyl (C=O) groups is 1. The first kappa shape index (κ1) is 15.0. The molecular formula is C14H20N2O3S2. The molecule has 3 heterocycles. The zero-order valence-corrected chi connectivity index (χ0v) is 13.7. The maximum atomic E-state index is 12.2. The van der Waals surface area contributed by atoms with Gasteiger partial charge in [0.1, 0.15) is 0 Å². The standard InChI is InChI=1S/C14H20N2O3S2/c1-2-16-5-3-4-11(16)7-15-14(17)12-6-10-8-21(18,19)9-13(10)20-12/h6,11H,2-5,7-9H2,1H3,(H,15,17). The van der Waals surface area contributed by atoms with Gasteiger partial charge in [-0.1, -0.05) is 6.92 Å². The summed E-state index contributed by atoms with van der Waals surface area (Å²) in [5.74, 6) is 0.0972. The lowest BCUT2D eigenvalue weighted by atomic mass is 10.2. The molecule has 5 nitrogen and oxygen atoms in total. The zero-order chi connectivity index (χ0) is 15.0. The summed E-state index contributed by atoms with van der Waals surface area (Å²) in [4.78, 5) is 16.0. The van der Waals surface area contributed by atoms with Crippen molar-refractivity contribution in [2.75, 3.05) is 19.6 Å². The molecule has 116 valence electrons. The van der Waals surface area contributed by atoms with E-state index in [0.717, 1.165) is 30.0 Å². The quantitative estimate of drug-likeness (QED) is 0.907. The van der Waals surface area contributed by atoms with Gasteiger partial charge in [0.2, 0.25) is 0 Å². The molecule has 1 aromatic heterocycles. The Bertz CT molecular complexity index is 622. The van der Waals surface area contributed by atoms with Gasteiger partial charge in [0.05, 0.1) is 16.4 Å². The fraction of sp³-hybridized carbons (Fsp3) is 0.643. The summed E-state index contributed by atoms with van der Waals surface area (Å²) in [6.07, 6.45) is 2.33. The van der Waals surface area contributed by atoms with Crippen LogP contribution in [-0.2, 0) is 21.3 Å². The van der Waals surface area contributed by atoms with Crippen molar-refractivity contribution in [3.05, 3.63) is 21.4 Å². The fourth-order valence-corrected chi connectivity index (χ4v) is 6.33. The maximum Gasteiger partial charge on any atom is 0.261 e. The van der Waals surface area contributed by atoms with Crippen LogP contribution in [0.2, 0.25) is 0 Å². The molecule has 0 spiro atoms. The predicted octanol–water partition coefficient (Wildman–Crippen LogP) is 1.39. The van der Waals surface area contributed by atoms with Crippen molar-refractivity contribution in [3.63, 3.8) is 0 Å². The lowest BCUT2D eigenvalue weighted by molar-refractivity contribution is 0.0945. The Kier molecular flexibility index (Phi) is 4.07. The summed E-state index contributed by atoms with van der Waals surface area (Å²) >= 11 is 1.32. The van der Waals surface area contributed by atoms with E-state index in [-0.39, 0.29) is 17.4 Å². The highest BCUT2D eigenvalue weighted by atomic mass is 32.2. The molecule has 1 amide bonds. The highest BCUT2D eigenvalue weighted by Crippen LogP contribution is 2.32. The average Bonchev–Trinajstić information content (AvgIpc) is 3.07. The van der Waals surface area contributed by atoms with Crippen LogP contribution in [0.4, 0.5) is 0 Å². The van der Waals surface area contributed by atoms with Gasteiger partial charge in [-0.2, -0.15) is 0 Å². The number of amides is 1. The Morgan fingerprint density at radius 3 is 3.00 bits per heavy atom. The molecule has 1 fully saturated rings. The first-order valence-corrected chi connectivity index (χ1v) is 9.96. The number of nitrogens with one attached hydrogen (secondary N) is 1. The molecule has 1 unspecified atom stereocenters. The van der Waals surface area contributed by atoms with E-state index >= 15 is 0 Å². The molecule has 1 aromatic rings. The van der Waals surface area contributed by atoms with Gasteiger partial charge in [-0.3, -0.25) is 9.69 Å². The van der Waals surface area contributed by atoms with Crippen molar-refractivity contribution < 1.29 is 13.2 Å². The van der Waals surface area contributed by atoms with Gasteiger partial charge in [-0.05, 0) is 37.6 Å². The lowest BCUT2D eigenvalue weighted by Crippen LogP contribution is -2.39. The minimum atomic E-state index is -2.97. The Morgan fingerprint density at radius 2 is 2.29 bits per heavy atom. The number of hydrogen-bond donors (Lipinski definition) is 1. The largest absolute Gasteiger partial charge is 0.350 e. The van der Waals surface area contributed by atoms with Crippen molar-refractivity contribution in [1.82, 2.24) is 10.2 Å². The number of likely N-dealkylation sites (tertiary alicyclic amines) is 1. The maximum absolute atomic E-state index is 12.2. The second-order valence-corrected chi connectivity index (χ2v) is 8.93. The first-order valence-electron chi connectivity index (χ1n) is 7.33. The van der Waals surface area contributed by atoms with Crippen LogP contribution in [0.15, 0.2) is 6.07 Å². The molecule has 0 aromatic carbocycles. The third-order valence-corrected chi connectivity index (χ3v) is 7.09. The van der Waals surface area contributed by atoms with Gasteiger partial charge in [-0.25, -0.2) is 8.42 Å². The first-order chi connectivity index (χ1) is 9.98. The monoisotopic (exact) mass is 328 g/mol. The second-order valence-electron chi connectivity index (χ2n) is 5.73. The van der Waals surface area contributed by atoms with E-state index in [0.29, 0.717) is 17.5 Å². The van der Waals surface area contributed by atoms with Crippen LogP contribution >= 0.6 is 11.3 Å². The predicted molar refractivity (Wildman–Crippen MR) is 83.2 cm³/mol. The molecule has 1 N–H and O–H groups in total. The molecule has 2 aliphatic rings. The zero-order valence-electron chi connectivity index (χ0n) is 12.1. The number of rotatable bonds is 4. The summed E-state index contributed by atoms with van der Waals surface area (Å²) < 4.78 is 23.0. The molecule has 7 heteroatoms. The van der Waals surface area contributed by atoms with Crippen LogP contribution in [0.5, 0.6) is 0 Å². The molecule has 21 heavy (non-hydrogen) atoms. The molecule has 0 radical (unpaired) electrons. The van der Waals surface area contributed by atoms with Gasteiger partial charge >= 0.3 is 0 Å². The normalized spacial score (nSPS) is 24.1. The lowest BCUT2D eigenvalue weighted by Gasteiger charge is -2.22.